The van der Waals surface area contributed by atoms with E-state index in [1.54, 1.807) is 43.5 Å². The van der Waals surface area contributed by atoms with Crippen molar-refractivity contribution in [1.82, 2.24) is 5.43 Å². The van der Waals surface area contributed by atoms with Crippen LogP contribution in [0.4, 0.5) is 5.69 Å². The molecule has 0 saturated carbocycles. The topological polar surface area (TPSA) is 102 Å². The minimum absolute atomic E-state index is 0.214. The minimum atomic E-state index is -0.416. The molecule has 2 aromatic carbocycles. The van der Waals surface area contributed by atoms with Crippen molar-refractivity contribution in [2.24, 2.45) is 5.10 Å². The summed E-state index contributed by atoms with van der Waals surface area (Å²) >= 11 is 0. The predicted molar refractivity (Wildman–Crippen MR) is 112 cm³/mol. The number of rotatable bonds is 8. The molecule has 0 aliphatic rings. The lowest BCUT2D eigenvalue weighted by molar-refractivity contribution is -0.114. The van der Waals surface area contributed by atoms with Crippen LogP contribution in [0.25, 0.3) is 0 Å². The van der Waals surface area contributed by atoms with E-state index in [2.05, 4.69) is 15.8 Å². The molecule has 0 unspecified atom stereocenters. The van der Waals surface area contributed by atoms with Crippen molar-refractivity contribution < 1.29 is 23.5 Å². The normalized spacial score (nSPS) is 10.6. The summed E-state index contributed by atoms with van der Waals surface area (Å²) in [7, 11) is 1.61. The molecular formula is C22H21N3O5. The van der Waals surface area contributed by atoms with Crippen LogP contribution in [-0.4, -0.2) is 25.1 Å². The number of methoxy groups -OCH3 is 1. The van der Waals surface area contributed by atoms with Gasteiger partial charge in [-0.2, -0.15) is 5.10 Å². The van der Waals surface area contributed by atoms with E-state index in [-0.39, 0.29) is 5.91 Å². The maximum Gasteiger partial charge on any atom is 0.285 e. The van der Waals surface area contributed by atoms with Crippen LogP contribution in [0.1, 0.15) is 28.6 Å². The number of hydrogen-bond acceptors (Lipinski definition) is 6. The van der Waals surface area contributed by atoms with E-state index in [1.807, 2.05) is 24.3 Å². The zero-order chi connectivity index (χ0) is 21.3. The Morgan fingerprint density at radius 1 is 1.10 bits per heavy atom. The van der Waals surface area contributed by atoms with Gasteiger partial charge in [0, 0.05) is 24.2 Å². The maximum atomic E-state index is 12.2. The Balaban J connectivity index is 1.51. The van der Waals surface area contributed by atoms with Gasteiger partial charge in [-0.15, -0.1) is 0 Å². The van der Waals surface area contributed by atoms with Crippen LogP contribution < -0.4 is 20.2 Å². The van der Waals surface area contributed by atoms with Gasteiger partial charge in [0.2, 0.25) is 5.91 Å². The fourth-order valence-corrected chi connectivity index (χ4v) is 2.52. The molecule has 0 saturated heterocycles. The largest absolute Gasteiger partial charge is 0.497 e. The van der Waals surface area contributed by atoms with Gasteiger partial charge in [-0.05, 0) is 42.0 Å². The van der Waals surface area contributed by atoms with E-state index in [0.29, 0.717) is 29.6 Å². The van der Waals surface area contributed by atoms with Crippen LogP contribution in [0.2, 0.25) is 0 Å². The molecule has 8 heteroatoms. The van der Waals surface area contributed by atoms with E-state index < -0.39 is 5.91 Å². The van der Waals surface area contributed by atoms with Crippen molar-refractivity contribution in [2.75, 3.05) is 12.4 Å². The number of carbonyl (C=O) groups is 2. The molecule has 1 heterocycles. The molecule has 2 amide bonds. The first-order valence-corrected chi connectivity index (χ1v) is 9.10. The van der Waals surface area contributed by atoms with E-state index in [9.17, 15) is 9.59 Å². The van der Waals surface area contributed by atoms with Gasteiger partial charge in [0.1, 0.15) is 12.4 Å². The highest BCUT2D eigenvalue weighted by Gasteiger charge is 2.06. The third kappa shape index (κ3) is 5.96. The summed E-state index contributed by atoms with van der Waals surface area (Å²) in [6, 6.07) is 17.4. The SMILES string of the molecule is COc1ccc(COc2ccc(/C=N/NC(=O)c3cccc(NC(C)=O)c3)o2)cc1. The first-order valence-electron chi connectivity index (χ1n) is 9.10. The fourth-order valence-electron chi connectivity index (χ4n) is 2.52. The van der Waals surface area contributed by atoms with E-state index >= 15 is 0 Å². The smallest absolute Gasteiger partial charge is 0.285 e. The number of hydrazone groups is 1. The van der Waals surface area contributed by atoms with Gasteiger partial charge in [-0.1, -0.05) is 18.2 Å². The lowest BCUT2D eigenvalue weighted by Gasteiger charge is -2.04. The second kappa shape index (κ2) is 9.92. The molecule has 0 bridgehead atoms. The van der Waals surface area contributed by atoms with Crippen molar-refractivity contribution in [3.8, 4) is 11.7 Å². The minimum Gasteiger partial charge on any atom is -0.497 e. The second-order valence-electron chi connectivity index (χ2n) is 6.25. The van der Waals surface area contributed by atoms with Crippen LogP contribution in [0.3, 0.4) is 0 Å². The van der Waals surface area contributed by atoms with Gasteiger partial charge < -0.3 is 19.2 Å². The van der Waals surface area contributed by atoms with Crippen molar-refractivity contribution >= 4 is 23.7 Å². The number of anilines is 1. The molecule has 3 aromatic rings. The Bertz CT molecular complexity index is 1040. The molecule has 154 valence electrons. The van der Waals surface area contributed by atoms with Crippen molar-refractivity contribution in [1.29, 1.82) is 0 Å². The van der Waals surface area contributed by atoms with Crippen molar-refractivity contribution in [3.63, 3.8) is 0 Å². The summed E-state index contributed by atoms with van der Waals surface area (Å²) in [6.07, 6.45) is 1.37. The fraction of sp³-hybridized carbons (Fsp3) is 0.136. The molecule has 2 N–H and O–H groups in total. The Morgan fingerprint density at radius 2 is 1.90 bits per heavy atom. The van der Waals surface area contributed by atoms with Crippen LogP contribution in [0.15, 0.2) is 70.2 Å². The number of carbonyl (C=O) groups excluding carboxylic acids is 2. The lowest BCUT2D eigenvalue weighted by atomic mass is 10.2. The Kier molecular flexibility index (Phi) is 6.83. The Labute approximate surface area is 173 Å². The van der Waals surface area contributed by atoms with E-state index in [0.717, 1.165) is 11.3 Å². The molecule has 1 aromatic heterocycles. The molecule has 0 radical (unpaired) electrons. The zero-order valence-corrected chi connectivity index (χ0v) is 16.5. The van der Waals surface area contributed by atoms with Gasteiger partial charge in [0.25, 0.3) is 11.9 Å². The zero-order valence-electron chi connectivity index (χ0n) is 16.5. The molecule has 0 aliphatic heterocycles. The van der Waals surface area contributed by atoms with Gasteiger partial charge >= 0.3 is 0 Å². The van der Waals surface area contributed by atoms with E-state index in [4.69, 9.17) is 13.9 Å². The highest BCUT2D eigenvalue weighted by Crippen LogP contribution is 2.18. The monoisotopic (exact) mass is 407 g/mol. The number of amides is 2. The Morgan fingerprint density at radius 3 is 2.63 bits per heavy atom. The third-order valence-corrected chi connectivity index (χ3v) is 3.95. The second-order valence-corrected chi connectivity index (χ2v) is 6.25. The summed E-state index contributed by atoms with van der Waals surface area (Å²) in [5.74, 6) is 0.905. The molecule has 3 rings (SSSR count). The highest BCUT2D eigenvalue weighted by atomic mass is 16.6. The number of hydrogen-bond donors (Lipinski definition) is 2. The molecule has 8 nitrogen and oxygen atoms in total. The third-order valence-electron chi connectivity index (χ3n) is 3.95. The first-order chi connectivity index (χ1) is 14.5. The molecule has 0 aliphatic carbocycles. The van der Waals surface area contributed by atoms with Crippen LogP contribution in [0, 0.1) is 0 Å². The average Bonchev–Trinajstić information content (AvgIpc) is 3.20. The van der Waals surface area contributed by atoms with E-state index in [1.165, 1.54) is 13.1 Å². The quantitative estimate of drug-likeness (QED) is 0.439. The van der Waals surface area contributed by atoms with Gasteiger partial charge in [-0.3, -0.25) is 9.59 Å². The summed E-state index contributed by atoms with van der Waals surface area (Å²) < 4.78 is 16.2. The Hall–Kier alpha value is -4.07. The molecule has 0 fully saturated rings. The first kappa shape index (κ1) is 20.7. The number of nitrogens with one attached hydrogen (secondary N) is 2. The van der Waals surface area contributed by atoms with Gasteiger partial charge in [0.15, 0.2) is 5.76 Å². The van der Waals surface area contributed by atoms with Crippen LogP contribution in [-0.2, 0) is 11.4 Å². The predicted octanol–water partition coefficient (Wildman–Crippen LogP) is 3.59. The van der Waals surface area contributed by atoms with Gasteiger partial charge in [0.05, 0.1) is 13.3 Å². The average molecular weight is 407 g/mol. The van der Waals surface area contributed by atoms with Crippen LogP contribution >= 0.6 is 0 Å². The molecule has 0 atom stereocenters. The summed E-state index contributed by atoms with van der Waals surface area (Å²) in [4.78, 5) is 23.3. The molecular weight excluding hydrogens is 386 g/mol. The summed E-state index contributed by atoms with van der Waals surface area (Å²) in [6.45, 7) is 1.74. The summed E-state index contributed by atoms with van der Waals surface area (Å²) in [5.41, 5.74) is 4.27. The molecule has 0 spiro atoms. The maximum absolute atomic E-state index is 12.2. The summed E-state index contributed by atoms with van der Waals surface area (Å²) in [5, 5.41) is 6.51. The number of benzene rings is 2. The van der Waals surface area contributed by atoms with Crippen LogP contribution in [0.5, 0.6) is 11.7 Å². The van der Waals surface area contributed by atoms with Crippen molar-refractivity contribution in [3.05, 3.63) is 77.6 Å². The standard InChI is InChI=1S/C22H21N3O5/c1-15(26)24-18-5-3-4-17(12-18)22(27)25-23-13-20-10-11-21(30-20)29-14-16-6-8-19(28-2)9-7-16/h3-13H,14H2,1-2H3,(H,24,26)(H,25,27)/b23-13+. The highest BCUT2D eigenvalue weighted by molar-refractivity contribution is 5.97. The number of nitrogens with zero attached hydrogens (tertiary/aromatic N) is 1. The lowest BCUT2D eigenvalue weighted by Crippen LogP contribution is -2.18. The number of furan rings is 1. The molecule has 30 heavy (non-hydrogen) atoms. The number of ether oxygens (including phenoxy) is 2. The van der Waals surface area contributed by atoms with Crippen molar-refractivity contribution in [2.45, 2.75) is 13.5 Å². The van der Waals surface area contributed by atoms with Gasteiger partial charge in [-0.25, -0.2) is 5.43 Å².